The van der Waals surface area contributed by atoms with Crippen LogP contribution in [0.25, 0.3) is 5.70 Å². The summed E-state index contributed by atoms with van der Waals surface area (Å²) in [6.07, 6.45) is 4.75. The van der Waals surface area contributed by atoms with Gasteiger partial charge >= 0.3 is 5.97 Å². The number of nitrogens with zero attached hydrogens (tertiary/aromatic N) is 1. The molecule has 0 heterocycles. The summed E-state index contributed by atoms with van der Waals surface area (Å²) in [7, 11) is 1.96. The predicted octanol–water partition coefficient (Wildman–Crippen LogP) is 1.83. The fourth-order valence-corrected chi connectivity index (χ4v) is 2.38. The van der Waals surface area contributed by atoms with Crippen LogP contribution in [0, 0.1) is 0 Å². The van der Waals surface area contributed by atoms with Crippen molar-refractivity contribution in [2.45, 2.75) is 39.2 Å². The second-order valence-corrected chi connectivity index (χ2v) is 7.23. The molecule has 0 fully saturated rings. The Bertz CT molecular complexity index is 636. The van der Waals surface area contributed by atoms with Crippen LogP contribution in [0.5, 0.6) is 0 Å². The highest BCUT2D eigenvalue weighted by Crippen LogP contribution is 2.13. The molecule has 1 aromatic rings. The van der Waals surface area contributed by atoms with Gasteiger partial charge in [-0.1, -0.05) is 24.3 Å². The summed E-state index contributed by atoms with van der Waals surface area (Å²) in [5.74, 6) is -0.237. The van der Waals surface area contributed by atoms with E-state index in [0.29, 0.717) is 25.5 Å². The molecule has 1 aromatic carbocycles. The zero-order valence-electron chi connectivity index (χ0n) is 17.0. The van der Waals surface area contributed by atoms with E-state index in [4.69, 9.17) is 15.2 Å². The van der Waals surface area contributed by atoms with Gasteiger partial charge in [-0.15, -0.1) is 6.58 Å². The van der Waals surface area contributed by atoms with Crippen LogP contribution in [0.3, 0.4) is 0 Å². The standard InChI is InChI=1S/C21H33N3O3/c1-6-12-24(23-5)16-19(22)18-9-7-8-17(15-18)10-13-26-14-11-20(25)27-21(2,3)4/h6-9,15-16,23H,1,10-14,22H2,2-5H3/p+1. The maximum atomic E-state index is 11.6. The van der Waals surface area contributed by atoms with Crippen LogP contribution in [0.4, 0.5) is 0 Å². The summed E-state index contributed by atoms with van der Waals surface area (Å²) in [5.41, 5.74) is 10.5. The predicted molar refractivity (Wildman–Crippen MR) is 108 cm³/mol. The molecule has 0 amide bonds. The van der Waals surface area contributed by atoms with Gasteiger partial charge in [0, 0.05) is 0 Å². The molecule has 27 heavy (non-hydrogen) atoms. The molecule has 150 valence electrons. The maximum Gasteiger partial charge on any atom is 0.308 e. The largest absolute Gasteiger partial charge is 0.460 e. The summed E-state index contributed by atoms with van der Waals surface area (Å²) in [6.45, 7) is 10.9. The zero-order valence-corrected chi connectivity index (χ0v) is 17.0. The molecule has 0 atom stereocenters. The third-order valence-electron chi connectivity index (χ3n) is 3.64. The Hall–Kier alpha value is -2.31. The van der Waals surface area contributed by atoms with Crippen molar-refractivity contribution in [2.24, 2.45) is 5.73 Å². The van der Waals surface area contributed by atoms with Gasteiger partial charge < -0.3 is 15.2 Å². The summed E-state index contributed by atoms with van der Waals surface area (Å²) < 4.78 is 10.8. The summed E-state index contributed by atoms with van der Waals surface area (Å²) >= 11 is 0. The van der Waals surface area contributed by atoms with Crippen molar-refractivity contribution < 1.29 is 19.7 Å². The molecule has 6 nitrogen and oxygen atoms in total. The third kappa shape index (κ3) is 9.82. The van der Waals surface area contributed by atoms with Crippen molar-refractivity contribution in [3.05, 3.63) is 54.2 Å². The molecule has 0 radical (unpaired) electrons. The number of nitrogens with two attached hydrogens (primary N) is 2. The molecule has 0 saturated carbocycles. The monoisotopic (exact) mass is 376 g/mol. The molecule has 0 aliphatic heterocycles. The Kier molecular flexibility index (Phi) is 9.61. The Morgan fingerprint density at radius 3 is 2.70 bits per heavy atom. The van der Waals surface area contributed by atoms with Gasteiger partial charge in [-0.3, -0.25) is 4.79 Å². The van der Waals surface area contributed by atoms with Crippen LogP contribution in [-0.2, 0) is 20.7 Å². The molecule has 0 aliphatic rings. The minimum absolute atomic E-state index is 0.237. The van der Waals surface area contributed by atoms with Crippen LogP contribution < -0.4 is 11.2 Å². The molecule has 0 bridgehead atoms. The van der Waals surface area contributed by atoms with Crippen LogP contribution >= 0.6 is 0 Å². The van der Waals surface area contributed by atoms with Gasteiger partial charge in [0.15, 0.2) is 0 Å². The van der Waals surface area contributed by atoms with E-state index in [9.17, 15) is 4.79 Å². The lowest BCUT2D eigenvalue weighted by Crippen LogP contribution is -2.88. The highest BCUT2D eigenvalue weighted by molar-refractivity contribution is 5.69. The van der Waals surface area contributed by atoms with Gasteiger partial charge in [0.2, 0.25) is 0 Å². The number of quaternary nitrogens is 1. The van der Waals surface area contributed by atoms with E-state index in [1.54, 1.807) is 0 Å². The van der Waals surface area contributed by atoms with Crippen LogP contribution in [-0.4, -0.2) is 43.4 Å². The number of esters is 1. The van der Waals surface area contributed by atoms with Crippen LogP contribution in [0.2, 0.25) is 0 Å². The highest BCUT2D eigenvalue weighted by Gasteiger charge is 2.15. The Morgan fingerprint density at radius 1 is 1.33 bits per heavy atom. The quantitative estimate of drug-likeness (QED) is 0.202. The molecule has 0 spiro atoms. The molecular weight excluding hydrogens is 342 g/mol. The average Bonchev–Trinajstić information content (AvgIpc) is 2.59. The Labute approximate surface area is 163 Å². The van der Waals surface area contributed by atoms with Gasteiger partial charge in [-0.25, -0.2) is 10.4 Å². The third-order valence-corrected chi connectivity index (χ3v) is 3.64. The lowest BCUT2D eigenvalue weighted by molar-refractivity contribution is -0.768. The van der Waals surface area contributed by atoms with Crippen molar-refractivity contribution in [1.29, 1.82) is 0 Å². The SMILES string of the molecule is C=CCN(C=C(N)c1cccc(CCOCCC(=O)OC(C)(C)C)c1)[NH2+]C. The molecule has 4 N–H and O–H groups in total. The first kappa shape index (κ1) is 22.7. The Morgan fingerprint density at radius 2 is 2.07 bits per heavy atom. The van der Waals surface area contributed by atoms with Crippen LogP contribution in [0.15, 0.2) is 43.1 Å². The van der Waals surface area contributed by atoms with E-state index < -0.39 is 5.60 Å². The second kappa shape index (κ2) is 11.4. The number of benzene rings is 1. The van der Waals surface area contributed by atoms with Crippen molar-refractivity contribution in [3.63, 3.8) is 0 Å². The summed E-state index contributed by atoms with van der Waals surface area (Å²) in [4.78, 5) is 11.6. The zero-order chi connectivity index (χ0) is 20.3. The van der Waals surface area contributed by atoms with Gasteiger partial charge in [-0.05, 0) is 44.4 Å². The first-order valence-corrected chi connectivity index (χ1v) is 9.27. The lowest BCUT2D eigenvalue weighted by atomic mass is 10.1. The minimum Gasteiger partial charge on any atom is -0.460 e. The van der Waals surface area contributed by atoms with E-state index in [1.807, 2.05) is 68.7 Å². The van der Waals surface area contributed by atoms with Crippen molar-refractivity contribution in [1.82, 2.24) is 5.01 Å². The van der Waals surface area contributed by atoms with E-state index in [2.05, 4.69) is 12.6 Å². The lowest BCUT2D eigenvalue weighted by Gasteiger charge is -2.19. The Balaban J connectivity index is 2.47. The maximum absolute atomic E-state index is 11.6. The number of carbonyl (C=O) groups is 1. The van der Waals surface area contributed by atoms with E-state index in [-0.39, 0.29) is 12.4 Å². The molecule has 0 aliphatic carbocycles. The smallest absolute Gasteiger partial charge is 0.308 e. The van der Waals surface area contributed by atoms with E-state index in [1.165, 1.54) is 0 Å². The first-order valence-electron chi connectivity index (χ1n) is 9.27. The molecular formula is C21H34N3O3+. The minimum atomic E-state index is -0.457. The number of hydrogen-bond donors (Lipinski definition) is 2. The van der Waals surface area contributed by atoms with Crippen molar-refractivity contribution in [3.8, 4) is 0 Å². The van der Waals surface area contributed by atoms with Crippen LogP contribution in [0.1, 0.15) is 38.3 Å². The number of carbonyl (C=O) groups excluding carboxylic acids is 1. The number of hydrogen-bond acceptors (Lipinski definition) is 5. The first-order chi connectivity index (χ1) is 12.7. The van der Waals surface area contributed by atoms with Crippen molar-refractivity contribution >= 4 is 11.7 Å². The molecule has 6 heteroatoms. The fourth-order valence-electron chi connectivity index (χ4n) is 2.38. The summed E-state index contributed by atoms with van der Waals surface area (Å²) in [5, 5.41) is 1.98. The average molecular weight is 377 g/mol. The van der Waals surface area contributed by atoms with Gasteiger partial charge in [0.05, 0.1) is 45.1 Å². The van der Waals surface area contributed by atoms with Crippen molar-refractivity contribution in [2.75, 3.05) is 26.8 Å². The molecule has 0 unspecified atom stereocenters. The molecule has 0 saturated heterocycles. The topological polar surface area (TPSA) is 81.4 Å². The number of rotatable bonds is 11. The molecule has 0 aromatic heterocycles. The van der Waals surface area contributed by atoms with Gasteiger partial charge in [0.25, 0.3) is 0 Å². The van der Waals surface area contributed by atoms with E-state index in [0.717, 1.165) is 17.5 Å². The summed E-state index contributed by atoms with van der Waals surface area (Å²) in [6, 6.07) is 8.08. The van der Waals surface area contributed by atoms with Gasteiger partial charge in [-0.2, -0.15) is 0 Å². The molecule has 1 rings (SSSR count). The van der Waals surface area contributed by atoms with Gasteiger partial charge in [0.1, 0.15) is 5.60 Å². The normalized spacial score (nSPS) is 11.9. The fraction of sp³-hybridized carbons (Fsp3) is 0.476. The number of ether oxygens (including phenoxy) is 2. The highest BCUT2D eigenvalue weighted by atomic mass is 16.6. The van der Waals surface area contributed by atoms with E-state index >= 15 is 0 Å². The second-order valence-electron chi connectivity index (χ2n) is 7.23.